The van der Waals surface area contributed by atoms with E-state index in [4.69, 9.17) is 5.73 Å². The summed E-state index contributed by atoms with van der Waals surface area (Å²) in [6.45, 7) is 0.671. The maximum absolute atomic E-state index is 11.8. The molecule has 17 heavy (non-hydrogen) atoms. The molecule has 4 nitrogen and oxygen atoms in total. The molecule has 0 fully saturated rings. The average molecular weight is 249 g/mol. The average Bonchev–Trinajstić information content (AvgIpc) is 2.75. The van der Waals surface area contributed by atoms with Gasteiger partial charge in [0.1, 0.15) is 5.69 Å². The van der Waals surface area contributed by atoms with Crippen molar-refractivity contribution in [3.05, 3.63) is 30.0 Å². The van der Waals surface area contributed by atoms with E-state index in [0.29, 0.717) is 17.9 Å². The molecular weight excluding hydrogens is 234 g/mol. The Balaban J connectivity index is 2.19. The second-order valence-electron chi connectivity index (χ2n) is 3.74. The lowest BCUT2D eigenvalue weighted by Gasteiger charge is -2.01. The van der Waals surface area contributed by atoms with Crippen LogP contribution in [0.25, 0.3) is 10.9 Å². The first kappa shape index (κ1) is 11.9. The van der Waals surface area contributed by atoms with Gasteiger partial charge < -0.3 is 16.0 Å². The minimum atomic E-state index is -0.0883. The van der Waals surface area contributed by atoms with Gasteiger partial charge in [0.15, 0.2) is 0 Å². The van der Waals surface area contributed by atoms with Gasteiger partial charge in [-0.15, -0.1) is 0 Å². The minimum Gasteiger partial charge on any atom is -0.397 e. The second-order valence-corrected chi connectivity index (χ2v) is 4.73. The zero-order chi connectivity index (χ0) is 12.3. The molecule has 4 N–H and O–H groups in total. The Labute approximate surface area is 104 Å². The number of nitrogens with one attached hydrogen (secondary N) is 2. The molecule has 90 valence electrons. The van der Waals surface area contributed by atoms with Crippen LogP contribution in [-0.4, -0.2) is 29.4 Å². The summed E-state index contributed by atoms with van der Waals surface area (Å²) >= 11 is 1.70. The fraction of sp³-hybridized carbons (Fsp3) is 0.250. The molecule has 0 saturated heterocycles. The number of fused-ring (bicyclic) bond motifs is 1. The van der Waals surface area contributed by atoms with E-state index >= 15 is 0 Å². The van der Waals surface area contributed by atoms with Crippen LogP contribution in [0.15, 0.2) is 24.3 Å². The predicted octanol–water partition coefficient (Wildman–Crippen LogP) is 1.84. The highest BCUT2D eigenvalue weighted by Crippen LogP contribution is 2.20. The Morgan fingerprint density at radius 3 is 3.06 bits per heavy atom. The van der Waals surface area contributed by atoms with Gasteiger partial charge in [-0.25, -0.2) is 0 Å². The summed E-state index contributed by atoms with van der Waals surface area (Å²) in [6, 6.07) is 7.44. The van der Waals surface area contributed by atoms with Gasteiger partial charge in [-0.05, 0) is 18.4 Å². The highest BCUT2D eigenvalue weighted by molar-refractivity contribution is 7.98. The van der Waals surface area contributed by atoms with Crippen LogP contribution in [-0.2, 0) is 0 Å². The Hall–Kier alpha value is -1.62. The van der Waals surface area contributed by atoms with Crippen LogP contribution in [0.4, 0.5) is 5.69 Å². The normalized spacial score (nSPS) is 10.6. The summed E-state index contributed by atoms with van der Waals surface area (Å²) in [7, 11) is 0. The van der Waals surface area contributed by atoms with Crippen molar-refractivity contribution in [1.82, 2.24) is 10.3 Å². The topological polar surface area (TPSA) is 70.9 Å². The van der Waals surface area contributed by atoms with Gasteiger partial charge in [-0.1, -0.05) is 12.1 Å². The van der Waals surface area contributed by atoms with E-state index in [-0.39, 0.29) is 5.91 Å². The van der Waals surface area contributed by atoms with Crippen molar-refractivity contribution >= 4 is 34.3 Å². The second kappa shape index (κ2) is 5.14. The van der Waals surface area contributed by atoms with Gasteiger partial charge in [0.05, 0.1) is 11.2 Å². The minimum absolute atomic E-state index is 0.0883. The number of benzene rings is 1. The quantitative estimate of drug-likeness (QED) is 0.572. The first-order valence-corrected chi connectivity index (χ1v) is 6.76. The third-order valence-electron chi connectivity index (χ3n) is 2.52. The van der Waals surface area contributed by atoms with Crippen LogP contribution in [0.1, 0.15) is 10.5 Å². The summed E-state index contributed by atoms with van der Waals surface area (Å²) < 4.78 is 0. The molecule has 0 unspecified atom stereocenters. The number of hydrogen-bond acceptors (Lipinski definition) is 3. The maximum Gasteiger partial charge on any atom is 0.267 e. The van der Waals surface area contributed by atoms with E-state index in [2.05, 4.69) is 10.3 Å². The van der Waals surface area contributed by atoms with Crippen molar-refractivity contribution in [2.45, 2.75) is 0 Å². The number of H-pyrrole nitrogens is 1. The van der Waals surface area contributed by atoms with Crippen LogP contribution in [0.3, 0.4) is 0 Å². The lowest BCUT2D eigenvalue weighted by atomic mass is 10.2. The molecule has 0 bridgehead atoms. The van der Waals surface area contributed by atoms with Gasteiger partial charge >= 0.3 is 0 Å². The van der Waals surface area contributed by atoms with E-state index in [1.165, 1.54) is 0 Å². The Bertz CT molecular complexity index is 536. The number of rotatable bonds is 4. The van der Waals surface area contributed by atoms with Crippen LogP contribution in [0.5, 0.6) is 0 Å². The van der Waals surface area contributed by atoms with Crippen LogP contribution in [0.2, 0.25) is 0 Å². The molecule has 1 aromatic heterocycles. The van der Waals surface area contributed by atoms with Gasteiger partial charge in [0, 0.05) is 17.7 Å². The molecule has 0 atom stereocenters. The largest absolute Gasteiger partial charge is 0.397 e. The molecule has 1 heterocycles. The number of nitrogen functional groups attached to an aromatic ring is 1. The van der Waals surface area contributed by atoms with E-state index in [1.807, 2.05) is 30.5 Å². The third-order valence-corrected chi connectivity index (χ3v) is 3.14. The molecule has 1 amide bonds. The number of thioether (sulfide) groups is 1. The SMILES string of the molecule is CSCCNC(=O)c1cc2cccc(N)c2[nH]1. The third kappa shape index (κ3) is 2.55. The molecule has 2 rings (SSSR count). The number of anilines is 1. The predicted molar refractivity (Wildman–Crippen MR) is 73.4 cm³/mol. The highest BCUT2D eigenvalue weighted by atomic mass is 32.2. The van der Waals surface area contributed by atoms with Gasteiger partial charge in [-0.3, -0.25) is 4.79 Å². The van der Waals surface area contributed by atoms with E-state index in [9.17, 15) is 4.79 Å². The standard InChI is InChI=1S/C12H15N3OS/c1-17-6-5-14-12(16)10-7-8-3-2-4-9(13)11(8)15-10/h2-4,7,15H,5-6,13H2,1H3,(H,14,16). The van der Waals surface area contributed by atoms with E-state index in [0.717, 1.165) is 16.7 Å². The lowest BCUT2D eigenvalue weighted by Crippen LogP contribution is -2.25. The van der Waals surface area contributed by atoms with Crippen molar-refractivity contribution in [3.63, 3.8) is 0 Å². The van der Waals surface area contributed by atoms with Gasteiger partial charge in [-0.2, -0.15) is 11.8 Å². The van der Waals surface area contributed by atoms with Crippen LogP contribution in [0, 0.1) is 0 Å². The molecular formula is C12H15N3OS. The molecule has 1 aromatic carbocycles. The Morgan fingerprint density at radius 2 is 2.35 bits per heavy atom. The lowest BCUT2D eigenvalue weighted by molar-refractivity contribution is 0.0952. The summed E-state index contributed by atoms with van der Waals surface area (Å²) in [5.41, 5.74) is 7.86. The number of nitrogens with two attached hydrogens (primary N) is 1. The molecule has 0 radical (unpaired) electrons. The molecule has 0 saturated carbocycles. The molecule has 5 heteroatoms. The van der Waals surface area contributed by atoms with Crippen LogP contribution < -0.4 is 11.1 Å². The van der Waals surface area contributed by atoms with Crippen molar-refractivity contribution < 1.29 is 4.79 Å². The number of carbonyl (C=O) groups excluding carboxylic acids is 1. The summed E-state index contributed by atoms with van der Waals surface area (Å²) in [6.07, 6.45) is 2.01. The highest BCUT2D eigenvalue weighted by Gasteiger charge is 2.09. The van der Waals surface area contributed by atoms with Crippen molar-refractivity contribution in [2.75, 3.05) is 24.3 Å². The van der Waals surface area contributed by atoms with Crippen molar-refractivity contribution in [1.29, 1.82) is 0 Å². The number of amides is 1. The summed E-state index contributed by atoms with van der Waals surface area (Å²) in [5.74, 6) is 0.823. The Morgan fingerprint density at radius 1 is 1.53 bits per heavy atom. The zero-order valence-corrected chi connectivity index (χ0v) is 10.4. The van der Waals surface area contributed by atoms with Gasteiger partial charge in [0.25, 0.3) is 5.91 Å². The molecule has 0 aliphatic heterocycles. The number of hydrogen-bond donors (Lipinski definition) is 3. The van der Waals surface area contributed by atoms with Crippen LogP contribution >= 0.6 is 11.8 Å². The number of aromatic nitrogens is 1. The summed E-state index contributed by atoms with van der Waals surface area (Å²) in [4.78, 5) is 14.9. The monoisotopic (exact) mass is 249 g/mol. The fourth-order valence-electron chi connectivity index (χ4n) is 1.66. The smallest absolute Gasteiger partial charge is 0.267 e. The number of aromatic amines is 1. The van der Waals surface area contributed by atoms with Crippen molar-refractivity contribution in [3.8, 4) is 0 Å². The number of carbonyl (C=O) groups is 1. The fourth-order valence-corrected chi connectivity index (χ4v) is 1.97. The first-order valence-electron chi connectivity index (χ1n) is 5.36. The maximum atomic E-state index is 11.8. The zero-order valence-electron chi connectivity index (χ0n) is 9.62. The van der Waals surface area contributed by atoms with E-state index < -0.39 is 0 Å². The first-order chi connectivity index (χ1) is 8.22. The molecule has 0 aliphatic rings. The van der Waals surface area contributed by atoms with Crippen molar-refractivity contribution in [2.24, 2.45) is 0 Å². The summed E-state index contributed by atoms with van der Waals surface area (Å²) in [5, 5.41) is 3.81. The molecule has 0 spiro atoms. The molecule has 0 aliphatic carbocycles. The molecule has 2 aromatic rings. The Kier molecular flexibility index (Phi) is 3.58. The van der Waals surface area contributed by atoms with E-state index in [1.54, 1.807) is 11.8 Å². The number of para-hydroxylation sites is 1. The van der Waals surface area contributed by atoms with Gasteiger partial charge in [0.2, 0.25) is 0 Å².